The zero-order chi connectivity index (χ0) is 31.8. The first kappa shape index (κ1) is 28.3. The topological polar surface area (TPSA) is 146 Å². The standard InChI is InChI=1S/C30H28N6O6S4/c1-33-21(39)27-11-25(15-7-3-5-9-17(15)31-19(25)35(27)23(41)29(33,13-37)45-43-27)26-12-28-22(40)34(2)30(14-38,46-44-28)24(42)36(28)20(26)32-18-10-6-4-8-16(18)26/h3-10,19-20,31-32,37-38H,11-14H2,1-2H3/t19-,20-,25+,26+,27?,28?,29-,30-/m0/s1. The number of likely N-dealkylation sites (N-methyl/N-ethyl adjacent to an activating group) is 2. The second kappa shape index (κ2) is 8.26. The normalized spacial score (nSPS) is 43.7. The summed E-state index contributed by atoms with van der Waals surface area (Å²) in [6, 6.07) is 15.8. The van der Waals surface area contributed by atoms with Gasteiger partial charge in [-0.2, -0.15) is 0 Å². The minimum atomic E-state index is -1.47. The van der Waals surface area contributed by atoms with Gasteiger partial charge in [-0.1, -0.05) is 58.0 Å². The molecule has 16 heteroatoms. The predicted molar refractivity (Wildman–Crippen MR) is 175 cm³/mol. The van der Waals surface area contributed by atoms with E-state index in [9.17, 15) is 29.4 Å². The highest BCUT2D eigenvalue weighted by atomic mass is 33.1. The van der Waals surface area contributed by atoms with Gasteiger partial charge in [0.05, 0.1) is 24.0 Å². The van der Waals surface area contributed by atoms with Gasteiger partial charge in [-0.15, -0.1) is 0 Å². The van der Waals surface area contributed by atoms with E-state index in [1.54, 1.807) is 23.9 Å². The number of aliphatic hydroxyl groups excluding tert-OH is 2. The molecular formula is C30H28N6O6S4. The number of benzene rings is 2. The van der Waals surface area contributed by atoms with E-state index in [-0.39, 0.29) is 36.5 Å². The molecule has 10 heterocycles. The van der Waals surface area contributed by atoms with Crippen molar-refractivity contribution in [1.82, 2.24) is 19.6 Å². The van der Waals surface area contributed by atoms with Crippen molar-refractivity contribution < 1.29 is 29.4 Å². The van der Waals surface area contributed by atoms with Gasteiger partial charge in [-0.05, 0) is 44.8 Å². The Bertz CT molecular complexity index is 1740. The molecule has 12 rings (SSSR count). The molecule has 4 N–H and O–H groups in total. The molecule has 2 spiro atoms. The quantitative estimate of drug-likeness (QED) is 0.344. The van der Waals surface area contributed by atoms with Crippen molar-refractivity contribution in [3.63, 3.8) is 0 Å². The van der Waals surface area contributed by atoms with Crippen LogP contribution in [0, 0.1) is 0 Å². The van der Waals surface area contributed by atoms with Crippen LogP contribution in [0.2, 0.25) is 0 Å². The van der Waals surface area contributed by atoms with Gasteiger partial charge in [0.2, 0.25) is 9.74 Å². The zero-order valence-corrected chi connectivity index (χ0v) is 27.8. The van der Waals surface area contributed by atoms with Crippen LogP contribution in [0.15, 0.2) is 48.5 Å². The molecular weight excluding hydrogens is 669 g/mol. The molecule has 2 unspecified atom stereocenters. The molecule has 0 aliphatic carbocycles. The lowest BCUT2D eigenvalue weighted by Crippen LogP contribution is -2.77. The Balaban J connectivity index is 1.29. The molecule has 8 atom stereocenters. The predicted octanol–water partition coefficient (Wildman–Crippen LogP) is 1.33. The average molecular weight is 697 g/mol. The number of anilines is 2. The second-order valence-corrected chi connectivity index (χ2v) is 18.7. The van der Waals surface area contributed by atoms with Crippen LogP contribution in [0.1, 0.15) is 24.0 Å². The number of fused-ring (bicyclic) bond motifs is 11. The summed E-state index contributed by atoms with van der Waals surface area (Å²) in [7, 11) is 8.28. The number of amides is 4. The van der Waals surface area contributed by atoms with E-state index < -0.39 is 55.9 Å². The Morgan fingerprint density at radius 2 is 1.04 bits per heavy atom. The molecule has 2 aromatic carbocycles. The lowest BCUT2D eigenvalue weighted by atomic mass is 9.54. The SMILES string of the molecule is CN1C(=O)C23C[C@@]4([C@@]56CC78SS[C@@](CO)(C(=O)N7[C@@H]5Nc5ccccc56)N(C)C8=O)c5ccccc5N[C@H]4N2C(=O)[C@]1(CO)SS3. The van der Waals surface area contributed by atoms with Crippen LogP contribution < -0.4 is 10.6 Å². The molecule has 0 saturated carbocycles. The Hall–Kier alpha value is -2.76. The third-order valence-electron chi connectivity index (χ3n) is 12.0. The number of piperazine rings is 2. The van der Waals surface area contributed by atoms with E-state index in [1.807, 2.05) is 48.5 Å². The molecule has 0 aromatic heterocycles. The smallest absolute Gasteiger partial charge is 0.265 e. The zero-order valence-electron chi connectivity index (χ0n) is 24.6. The number of carbonyl (C=O) groups is 4. The molecule has 8 saturated heterocycles. The molecule has 12 nitrogen and oxygen atoms in total. The minimum Gasteiger partial charge on any atom is -0.392 e. The van der Waals surface area contributed by atoms with E-state index in [0.717, 1.165) is 22.5 Å². The maximum atomic E-state index is 14.7. The summed E-state index contributed by atoms with van der Waals surface area (Å²) < 4.78 is 0. The second-order valence-electron chi connectivity index (χ2n) is 13.3. The van der Waals surface area contributed by atoms with Crippen LogP contribution >= 0.6 is 43.2 Å². The lowest BCUT2D eigenvalue weighted by Gasteiger charge is -2.57. The molecule has 10 aliphatic rings. The first-order valence-corrected chi connectivity index (χ1v) is 19.3. The van der Waals surface area contributed by atoms with Gasteiger partial charge >= 0.3 is 0 Å². The molecule has 2 aromatic rings. The molecule has 4 bridgehead atoms. The highest BCUT2D eigenvalue weighted by Crippen LogP contribution is 2.78. The first-order valence-electron chi connectivity index (χ1n) is 15.0. The fraction of sp³-hybridized carbons (Fsp3) is 0.467. The monoisotopic (exact) mass is 696 g/mol. The van der Waals surface area contributed by atoms with Crippen molar-refractivity contribution in [2.75, 3.05) is 37.9 Å². The van der Waals surface area contributed by atoms with Gasteiger partial charge < -0.3 is 30.6 Å². The van der Waals surface area contributed by atoms with Gasteiger partial charge in [0.25, 0.3) is 23.6 Å². The van der Waals surface area contributed by atoms with E-state index in [0.29, 0.717) is 0 Å². The van der Waals surface area contributed by atoms with Crippen molar-refractivity contribution in [1.29, 1.82) is 0 Å². The first-order chi connectivity index (χ1) is 22.1. The Kier molecular flexibility index (Phi) is 5.08. The van der Waals surface area contributed by atoms with Gasteiger partial charge in [-0.25, -0.2) is 0 Å². The van der Waals surface area contributed by atoms with Crippen molar-refractivity contribution in [2.45, 2.75) is 55.5 Å². The largest absolute Gasteiger partial charge is 0.392 e. The minimum absolute atomic E-state index is 0.223. The summed E-state index contributed by atoms with van der Waals surface area (Å²) in [5.41, 5.74) is 1.45. The summed E-state index contributed by atoms with van der Waals surface area (Å²) in [5, 5.41) is 28.6. The van der Waals surface area contributed by atoms with Crippen LogP contribution in [0.25, 0.3) is 0 Å². The fourth-order valence-electron chi connectivity index (χ4n) is 9.92. The number of para-hydroxylation sites is 2. The maximum Gasteiger partial charge on any atom is 0.265 e. The summed E-state index contributed by atoms with van der Waals surface area (Å²) in [5.74, 6) is -1.19. The number of rotatable bonds is 3. The fourth-order valence-corrected chi connectivity index (χ4v) is 17.2. The van der Waals surface area contributed by atoms with Crippen molar-refractivity contribution >= 4 is 78.2 Å². The summed E-state index contributed by atoms with van der Waals surface area (Å²) in [4.78, 5) is 59.0. The Morgan fingerprint density at radius 1 is 0.652 bits per heavy atom. The number of hydrogen-bond donors (Lipinski definition) is 4. The molecule has 238 valence electrons. The van der Waals surface area contributed by atoms with Gasteiger partial charge in [0.15, 0.2) is 9.74 Å². The summed E-state index contributed by atoms with van der Waals surface area (Å²) in [6.07, 6.45) is -1.01. The highest BCUT2D eigenvalue weighted by Gasteiger charge is 2.87. The molecule has 46 heavy (non-hydrogen) atoms. The molecule has 0 radical (unpaired) electrons. The molecule has 4 amide bonds. The van der Waals surface area contributed by atoms with E-state index in [4.69, 9.17) is 0 Å². The number of carbonyl (C=O) groups excluding carboxylic acids is 4. The maximum absolute atomic E-state index is 14.7. The lowest BCUT2D eigenvalue weighted by molar-refractivity contribution is -0.166. The molecule has 8 fully saturated rings. The van der Waals surface area contributed by atoms with Gasteiger partial charge in [0, 0.05) is 38.3 Å². The van der Waals surface area contributed by atoms with E-state index in [1.165, 1.54) is 53.0 Å². The van der Waals surface area contributed by atoms with Crippen LogP contribution in [-0.2, 0) is 30.0 Å². The van der Waals surface area contributed by atoms with Crippen molar-refractivity contribution in [3.8, 4) is 0 Å². The van der Waals surface area contributed by atoms with Crippen LogP contribution in [0.5, 0.6) is 0 Å². The summed E-state index contributed by atoms with van der Waals surface area (Å²) in [6.45, 7) is -1.07. The number of nitrogens with zero attached hydrogens (tertiary/aromatic N) is 4. The summed E-state index contributed by atoms with van der Waals surface area (Å²) >= 11 is 0. The number of aliphatic hydroxyl groups is 2. The van der Waals surface area contributed by atoms with Crippen LogP contribution in [0.3, 0.4) is 0 Å². The third-order valence-corrected chi connectivity index (χ3v) is 19.3. The van der Waals surface area contributed by atoms with Crippen LogP contribution in [-0.4, -0.2) is 113 Å². The third kappa shape index (κ3) is 2.48. The number of nitrogens with one attached hydrogen (secondary N) is 2. The van der Waals surface area contributed by atoms with Crippen molar-refractivity contribution in [2.24, 2.45) is 0 Å². The highest BCUT2D eigenvalue weighted by molar-refractivity contribution is 8.78. The van der Waals surface area contributed by atoms with Gasteiger partial charge in [0.1, 0.15) is 12.3 Å². The number of hydrogen-bond acceptors (Lipinski definition) is 12. The van der Waals surface area contributed by atoms with Crippen LogP contribution in [0.4, 0.5) is 11.4 Å². The molecule has 10 aliphatic heterocycles. The van der Waals surface area contributed by atoms with Crippen molar-refractivity contribution in [3.05, 3.63) is 59.7 Å². The van der Waals surface area contributed by atoms with E-state index in [2.05, 4.69) is 10.6 Å². The van der Waals surface area contributed by atoms with E-state index >= 15 is 0 Å². The Labute approximate surface area is 279 Å². The Morgan fingerprint density at radius 3 is 1.43 bits per heavy atom. The van der Waals surface area contributed by atoms with Gasteiger partial charge in [-0.3, -0.25) is 29.0 Å². The average Bonchev–Trinajstić information content (AvgIpc) is 3.75.